The van der Waals surface area contributed by atoms with Crippen molar-refractivity contribution in [1.29, 1.82) is 0 Å². The van der Waals surface area contributed by atoms with Crippen molar-refractivity contribution in [2.45, 2.75) is 5.25 Å². The van der Waals surface area contributed by atoms with E-state index in [1.165, 1.54) is 5.41 Å². The smallest absolute Gasteiger partial charge is 0.178 e. The molecule has 1 aliphatic carbocycles. The first-order valence-electron chi connectivity index (χ1n) is 3.47. The van der Waals surface area contributed by atoms with E-state index in [1.807, 2.05) is 12.2 Å². The molecule has 0 aromatic rings. The van der Waals surface area contributed by atoms with Gasteiger partial charge in [0.05, 0.1) is 5.25 Å². The number of allylic oxidation sites excluding steroid dienone is 4. The van der Waals surface area contributed by atoms with Crippen molar-refractivity contribution in [3.63, 3.8) is 0 Å². The third kappa shape index (κ3) is 0.959. The Morgan fingerprint density at radius 1 is 1.00 bits per heavy atom. The molecule has 0 bridgehead atoms. The van der Waals surface area contributed by atoms with Crippen LogP contribution in [0.4, 0.5) is 0 Å². The highest BCUT2D eigenvalue weighted by Gasteiger charge is 2.32. The number of sulfone groups is 1. The van der Waals surface area contributed by atoms with Gasteiger partial charge in [-0.15, -0.1) is 0 Å². The predicted octanol–water partition coefficient (Wildman–Crippen LogP) is 1.04. The molecule has 0 saturated carbocycles. The van der Waals surface area contributed by atoms with Crippen LogP contribution in [-0.4, -0.2) is 13.7 Å². The summed E-state index contributed by atoms with van der Waals surface area (Å²) in [5.74, 6) is 0.0741. The molecule has 0 aromatic heterocycles. The van der Waals surface area contributed by atoms with Crippen molar-refractivity contribution in [3.8, 4) is 0 Å². The van der Waals surface area contributed by atoms with Crippen molar-refractivity contribution in [1.82, 2.24) is 0 Å². The molecule has 1 heterocycles. The van der Waals surface area contributed by atoms with E-state index in [9.17, 15) is 8.42 Å². The Balaban J connectivity index is 2.48. The Bertz CT molecular complexity index is 346. The number of hydrogen-bond donors (Lipinski definition) is 0. The van der Waals surface area contributed by atoms with Crippen LogP contribution in [0.1, 0.15) is 0 Å². The highest BCUT2D eigenvalue weighted by atomic mass is 32.2. The molecule has 0 aromatic carbocycles. The van der Waals surface area contributed by atoms with Crippen molar-refractivity contribution >= 4 is 9.84 Å². The second-order valence-electron chi connectivity index (χ2n) is 2.73. The van der Waals surface area contributed by atoms with Crippen LogP contribution in [0.15, 0.2) is 35.8 Å². The zero-order valence-electron chi connectivity index (χ0n) is 5.84. The lowest BCUT2D eigenvalue weighted by atomic mass is 10.0. The molecule has 3 heteroatoms. The minimum absolute atomic E-state index is 0.0741. The summed E-state index contributed by atoms with van der Waals surface area (Å²) >= 11 is 0. The number of hydrogen-bond acceptors (Lipinski definition) is 2. The normalized spacial score (nSPS) is 37.5. The molecule has 2 aliphatic rings. The zero-order valence-corrected chi connectivity index (χ0v) is 6.66. The molecule has 2 atom stereocenters. The zero-order chi connectivity index (χ0) is 7.90. The summed E-state index contributed by atoms with van der Waals surface area (Å²) in [6, 6.07) is 0. The van der Waals surface area contributed by atoms with E-state index in [1.54, 1.807) is 18.2 Å². The van der Waals surface area contributed by atoms with E-state index in [4.69, 9.17) is 0 Å². The van der Waals surface area contributed by atoms with Crippen LogP contribution in [0.2, 0.25) is 0 Å². The third-order valence-electron chi connectivity index (χ3n) is 1.99. The molecule has 0 N–H and O–H groups in total. The maximum Gasteiger partial charge on any atom is 0.178 e. The van der Waals surface area contributed by atoms with Gasteiger partial charge in [0.2, 0.25) is 0 Å². The van der Waals surface area contributed by atoms with E-state index in [0.717, 1.165) is 0 Å². The van der Waals surface area contributed by atoms with Crippen LogP contribution in [0, 0.1) is 5.92 Å². The fourth-order valence-corrected chi connectivity index (χ4v) is 2.91. The molecule has 58 valence electrons. The van der Waals surface area contributed by atoms with E-state index in [-0.39, 0.29) is 11.2 Å². The first kappa shape index (κ1) is 6.85. The molecule has 0 saturated heterocycles. The fraction of sp³-hybridized carbons (Fsp3) is 0.250. The molecular formula is C8H8O2S. The maximum atomic E-state index is 11.2. The summed E-state index contributed by atoms with van der Waals surface area (Å²) < 4.78 is 22.4. The average molecular weight is 168 g/mol. The lowest BCUT2D eigenvalue weighted by Gasteiger charge is -2.12. The van der Waals surface area contributed by atoms with Crippen LogP contribution in [-0.2, 0) is 9.84 Å². The monoisotopic (exact) mass is 168 g/mol. The quantitative estimate of drug-likeness (QED) is 0.541. The lowest BCUT2D eigenvalue weighted by molar-refractivity contribution is 0.594. The minimum atomic E-state index is -2.97. The van der Waals surface area contributed by atoms with E-state index >= 15 is 0 Å². The molecular weight excluding hydrogens is 160 g/mol. The summed E-state index contributed by atoms with van der Waals surface area (Å²) in [5, 5.41) is 0.981. The van der Waals surface area contributed by atoms with E-state index in [2.05, 4.69) is 0 Å². The van der Waals surface area contributed by atoms with E-state index in [0.29, 0.717) is 0 Å². The van der Waals surface area contributed by atoms with Crippen LogP contribution < -0.4 is 0 Å². The first-order chi connectivity index (χ1) is 5.20. The maximum absolute atomic E-state index is 11.2. The van der Waals surface area contributed by atoms with Crippen molar-refractivity contribution < 1.29 is 8.42 Å². The van der Waals surface area contributed by atoms with Crippen LogP contribution in [0.5, 0.6) is 0 Å². The molecule has 0 amide bonds. The Morgan fingerprint density at radius 2 is 1.73 bits per heavy atom. The molecule has 0 spiro atoms. The minimum Gasteiger partial charge on any atom is -0.224 e. The fourth-order valence-electron chi connectivity index (χ4n) is 1.40. The molecule has 11 heavy (non-hydrogen) atoms. The van der Waals surface area contributed by atoms with Gasteiger partial charge in [-0.3, -0.25) is 0 Å². The Morgan fingerprint density at radius 3 is 2.45 bits per heavy atom. The molecule has 0 radical (unpaired) electrons. The van der Waals surface area contributed by atoms with Gasteiger partial charge in [-0.25, -0.2) is 8.42 Å². The van der Waals surface area contributed by atoms with Gasteiger partial charge in [-0.05, 0) is 0 Å². The van der Waals surface area contributed by atoms with E-state index < -0.39 is 9.84 Å². The SMILES string of the molecule is O=S1(=O)C=CC2C=CC=CC21. The van der Waals surface area contributed by atoms with Gasteiger partial charge in [0.1, 0.15) is 0 Å². The third-order valence-corrected chi connectivity index (χ3v) is 3.76. The van der Waals surface area contributed by atoms with Gasteiger partial charge in [-0.2, -0.15) is 0 Å². The second kappa shape index (κ2) is 2.08. The summed E-state index contributed by atoms with van der Waals surface area (Å²) in [6.45, 7) is 0. The summed E-state index contributed by atoms with van der Waals surface area (Å²) in [7, 11) is -2.97. The van der Waals surface area contributed by atoms with Gasteiger partial charge >= 0.3 is 0 Å². The van der Waals surface area contributed by atoms with Gasteiger partial charge in [0.15, 0.2) is 9.84 Å². The molecule has 2 nitrogen and oxygen atoms in total. The largest absolute Gasteiger partial charge is 0.224 e. The van der Waals surface area contributed by atoms with Gasteiger partial charge in [0, 0.05) is 11.3 Å². The molecule has 2 rings (SSSR count). The highest BCUT2D eigenvalue weighted by molar-refractivity contribution is 7.95. The average Bonchev–Trinajstić information content (AvgIpc) is 2.29. The molecule has 0 fully saturated rings. The van der Waals surface area contributed by atoms with Gasteiger partial charge in [-0.1, -0.05) is 30.4 Å². The summed E-state index contributed by atoms with van der Waals surface area (Å²) in [4.78, 5) is 0. The van der Waals surface area contributed by atoms with Crippen molar-refractivity contribution in [2.24, 2.45) is 5.92 Å². The molecule has 2 unspecified atom stereocenters. The van der Waals surface area contributed by atoms with Crippen LogP contribution in [0.25, 0.3) is 0 Å². The topological polar surface area (TPSA) is 34.1 Å². The van der Waals surface area contributed by atoms with Crippen LogP contribution in [0.3, 0.4) is 0 Å². The molecule has 1 aliphatic heterocycles. The highest BCUT2D eigenvalue weighted by Crippen LogP contribution is 2.28. The first-order valence-corrected chi connectivity index (χ1v) is 5.08. The Hall–Kier alpha value is -0.830. The van der Waals surface area contributed by atoms with Gasteiger partial charge < -0.3 is 0 Å². The van der Waals surface area contributed by atoms with Crippen molar-refractivity contribution in [2.75, 3.05) is 0 Å². The predicted molar refractivity (Wildman–Crippen MR) is 43.6 cm³/mol. The van der Waals surface area contributed by atoms with Crippen molar-refractivity contribution in [3.05, 3.63) is 35.8 Å². The second-order valence-corrected chi connectivity index (χ2v) is 4.72. The standard InChI is InChI=1S/C8H8O2S/c9-11(10)6-5-7-3-1-2-4-8(7)11/h1-8H. The Kier molecular flexibility index (Phi) is 1.29. The van der Waals surface area contributed by atoms with Gasteiger partial charge in [0.25, 0.3) is 0 Å². The Labute approximate surface area is 65.8 Å². The summed E-state index contributed by atoms with van der Waals surface area (Å²) in [5.41, 5.74) is 0. The van der Waals surface area contributed by atoms with Crippen LogP contribution >= 0.6 is 0 Å². The summed E-state index contributed by atoms with van der Waals surface area (Å²) in [6.07, 6.45) is 9.05. The number of rotatable bonds is 0. The number of fused-ring (bicyclic) bond motifs is 1. The lowest BCUT2D eigenvalue weighted by Crippen LogP contribution is -2.19.